The number of nitrogens with zero attached hydrogens (tertiary/aromatic N) is 1. The van der Waals surface area contributed by atoms with Gasteiger partial charge in [0.15, 0.2) is 0 Å². The number of carbonyl (C=O) groups excluding carboxylic acids is 1. The summed E-state index contributed by atoms with van der Waals surface area (Å²) in [5, 5.41) is 11.6. The van der Waals surface area contributed by atoms with Gasteiger partial charge in [0.2, 0.25) is 5.91 Å². The van der Waals surface area contributed by atoms with E-state index < -0.39 is 0 Å². The van der Waals surface area contributed by atoms with E-state index in [1.165, 1.54) is 7.11 Å². The zero-order chi connectivity index (χ0) is 14.1. The van der Waals surface area contributed by atoms with Crippen LogP contribution in [-0.2, 0) is 9.53 Å². The summed E-state index contributed by atoms with van der Waals surface area (Å²) in [7, 11) is 1.50. The monoisotopic (exact) mass is 262 g/mol. The molecule has 1 aromatic rings. The summed E-state index contributed by atoms with van der Waals surface area (Å²) in [6, 6.07) is 6.92. The number of rotatable bonds is 7. The molecule has 0 fully saturated rings. The van der Waals surface area contributed by atoms with E-state index in [1.807, 2.05) is 13.0 Å². The van der Waals surface area contributed by atoms with Gasteiger partial charge in [-0.2, -0.15) is 5.26 Å². The second-order valence-corrected chi connectivity index (χ2v) is 3.88. The molecule has 0 spiro atoms. The Balaban J connectivity index is 2.56. The molecule has 1 N–H and O–H groups in total. The average molecular weight is 262 g/mol. The molecule has 1 amide bonds. The van der Waals surface area contributed by atoms with Crippen LogP contribution in [0.3, 0.4) is 0 Å². The fourth-order valence-corrected chi connectivity index (χ4v) is 1.56. The maximum absolute atomic E-state index is 11.7. The largest absolute Gasteiger partial charge is 0.495 e. The summed E-state index contributed by atoms with van der Waals surface area (Å²) >= 11 is 0. The van der Waals surface area contributed by atoms with E-state index in [9.17, 15) is 4.79 Å². The molecule has 0 aromatic heterocycles. The summed E-state index contributed by atoms with van der Waals surface area (Å²) in [6.45, 7) is 3.15. The van der Waals surface area contributed by atoms with E-state index in [4.69, 9.17) is 14.7 Å². The van der Waals surface area contributed by atoms with Crippen molar-refractivity contribution in [2.45, 2.75) is 19.8 Å². The van der Waals surface area contributed by atoms with E-state index in [0.717, 1.165) is 0 Å². The number of hydrogen-bond donors (Lipinski definition) is 1. The van der Waals surface area contributed by atoms with Gasteiger partial charge in [-0.15, -0.1) is 0 Å². The molecule has 1 aromatic carbocycles. The average Bonchev–Trinajstić information content (AvgIpc) is 2.44. The summed E-state index contributed by atoms with van der Waals surface area (Å²) in [5.74, 6) is 0.389. The Morgan fingerprint density at radius 2 is 2.26 bits per heavy atom. The number of carbonyl (C=O) groups is 1. The minimum absolute atomic E-state index is 0.0947. The van der Waals surface area contributed by atoms with Gasteiger partial charge >= 0.3 is 0 Å². The molecule has 0 unspecified atom stereocenters. The molecule has 5 nitrogen and oxygen atoms in total. The van der Waals surface area contributed by atoms with Crippen molar-refractivity contribution >= 4 is 11.6 Å². The van der Waals surface area contributed by atoms with Crippen molar-refractivity contribution in [2.75, 3.05) is 25.6 Å². The van der Waals surface area contributed by atoms with Crippen LogP contribution in [0.5, 0.6) is 5.75 Å². The minimum atomic E-state index is -0.0947. The highest BCUT2D eigenvalue weighted by Crippen LogP contribution is 2.25. The van der Waals surface area contributed by atoms with Crippen LogP contribution in [0.15, 0.2) is 18.2 Å². The molecule has 0 saturated carbocycles. The number of nitrogens with one attached hydrogen (secondary N) is 1. The van der Waals surface area contributed by atoms with Gasteiger partial charge in [-0.1, -0.05) is 0 Å². The first kappa shape index (κ1) is 15.0. The van der Waals surface area contributed by atoms with Crippen molar-refractivity contribution in [1.82, 2.24) is 0 Å². The van der Waals surface area contributed by atoms with E-state index in [1.54, 1.807) is 18.2 Å². The highest BCUT2D eigenvalue weighted by Gasteiger charge is 2.08. The lowest BCUT2D eigenvalue weighted by Crippen LogP contribution is -2.13. The Bertz CT molecular complexity index is 466. The molecule has 19 heavy (non-hydrogen) atoms. The van der Waals surface area contributed by atoms with Crippen molar-refractivity contribution in [2.24, 2.45) is 0 Å². The molecular weight excluding hydrogens is 244 g/mol. The molecule has 0 saturated heterocycles. The standard InChI is InChI=1S/C14H18N2O3/c1-3-19-8-4-5-14(17)16-12-7-6-11(10-15)9-13(12)18-2/h6-7,9H,3-5,8H2,1-2H3,(H,16,17). The number of benzene rings is 1. The predicted octanol–water partition coefficient (Wildman–Crippen LogP) is 2.32. The Morgan fingerprint density at radius 1 is 1.47 bits per heavy atom. The molecule has 0 atom stereocenters. The van der Waals surface area contributed by atoms with Crippen LogP contribution in [0, 0.1) is 11.3 Å². The zero-order valence-corrected chi connectivity index (χ0v) is 11.2. The normalized spacial score (nSPS) is 9.74. The summed E-state index contributed by atoms with van der Waals surface area (Å²) in [4.78, 5) is 11.7. The first-order valence-corrected chi connectivity index (χ1v) is 6.17. The molecule has 0 radical (unpaired) electrons. The van der Waals surface area contributed by atoms with Gasteiger partial charge in [0.25, 0.3) is 0 Å². The summed E-state index contributed by atoms with van der Waals surface area (Å²) in [5.41, 5.74) is 1.06. The first-order chi connectivity index (χ1) is 9.21. The Labute approximate surface area is 113 Å². The van der Waals surface area contributed by atoms with Crippen molar-refractivity contribution < 1.29 is 14.3 Å². The lowest BCUT2D eigenvalue weighted by molar-refractivity contribution is -0.116. The van der Waals surface area contributed by atoms with E-state index >= 15 is 0 Å². The van der Waals surface area contributed by atoms with Gasteiger partial charge in [0.05, 0.1) is 24.4 Å². The molecule has 1 rings (SSSR count). The molecule has 0 aliphatic rings. The summed E-state index contributed by atoms with van der Waals surface area (Å²) < 4.78 is 10.3. The zero-order valence-electron chi connectivity index (χ0n) is 11.2. The number of nitriles is 1. The van der Waals surface area contributed by atoms with Crippen LogP contribution in [0.2, 0.25) is 0 Å². The maximum atomic E-state index is 11.7. The third-order valence-corrected chi connectivity index (χ3v) is 2.50. The van der Waals surface area contributed by atoms with Crippen LogP contribution in [0.4, 0.5) is 5.69 Å². The van der Waals surface area contributed by atoms with E-state index in [-0.39, 0.29) is 5.91 Å². The van der Waals surface area contributed by atoms with Crippen LogP contribution in [0.25, 0.3) is 0 Å². The fourth-order valence-electron chi connectivity index (χ4n) is 1.56. The van der Waals surface area contributed by atoms with E-state index in [2.05, 4.69) is 5.32 Å². The number of hydrogen-bond acceptors (Lipinski definition) is 4. The Hall–Kier alpha value is -2.06. The third kappa shape index (κ3) is 4.98. The lowest BCUT2D eigenvalue weighted by Gasteiger charge is -2.10. The molecular formula is C14H18N2O3. The van der Waals surface area contributed by atoms with Gasteiger partial charge in [0, 0.05) is 25.7 Å². The van der Waals surface area contributed by atoms with Gasteiger partial charge in [-0.05, 0) is 25.5 Å². The van der Waals surface area contributed by atoms with Crippen molar-refractivity contribution in [3.63, 3.8) is 0 Å². The third-order valence-electron chi connectivity index (χ3n) is 2.50. The predicted molar refractivity (Wildman–Crippen MR) is 72.1 cm³/mol. The molecule has 0 bridgehead atoms. The minimum Gasteiger partial charge on any atom is -0.495 e. The van der Waals surface area contributed by atoms with Gasteiger partial charge in [-0.3, -0.25) is 4.79 Å². The number of anilines is 1. The van der Waals surface area contributed by atoms with Crippen LogP contribution in [-0.4, -0.2) is 26.2 Å². The molecule has 0 aliphatic carbocycles. The summed E-state index contributed by atoms with van der Waals surface area (Å²) in [6.07, 6.45) is 1.07. The van der Waals surface area contributed by atoms with Gasteiger partial charge < -0.3 is 14.8 Å². The van der Waals surface area contributed by atoms with E-state index in [0.29, 0.717) is 43.1 Å². The quantitative estimate of drug-likeness (QED) is 0.765. The van der Waals surface area contributed by atoms with Crippen LogP contribution >= 0.6 is 0 Å². The Kier molecular flexibility index (Phi) is 6.41. The van der Waals surface area contributed by atoms with Crippen LogP contribution < -0.4 is 10.1 Å². The van der Waals surface area contributed by atoms with Crippen LogP contribution in [0.1, 0.15) is 25.3 Å². The van der Waals surface area contributed by atoms with Gasteiger partial charge in [-0.25, -0.2) is 0 Å². The van der Waals surface area contributed by atoms with Gasteiger partial charge in [0.1, 0.15) is 5.75 Å². The number of amides is 1. The fraction of sp³-hybridized carbons (Fsp3) is 0.429. The molecule has 5 heteroatoms. The highest BCUT2D eigenvalue weighted by molar-refractivity contribution is 5.92. The molecule has 0 heterocycles. The molecule has 102 valence electrons. The number of ether oxygens (including phenoxy) is 2. The van der Waals surface area contributed by atoms with Crippen molar-refractivity contribution in [3.05, 3.63) is 23.8 Å². The lowest BCUT2D eigenvalue weighted by atomic mass is 10.2. The maximum Gasteiger partial charge on any atom is 0.224 e. The van der Waals surface area contributed by atoms with Crippen molar-refractivity contribution in [3.8, 4) is 11.8 Å². The second kappa shape index (κ2) is 8.11. The SMILES string of the molecule is CCOCCCC(=O)Nc1ccc(C#N)cc1OC. The smallest absolute Gasteiger partial charge is 0.224 e. The Morgan fingerprint density at radius 3 is 2.89 bits per heavy atom. The topological polar surface area (TPSA) is 71.3 Å². The number of methoxy groups -OCH3 is 1. The second-order valence-electron chi connectivity index (χ2n) is 3.88. The van der Waals surface area contributed by atoms with Crippen molar-refractivity contribution in [1.29, 1.82) is 5.26 Å². The molecule has 0 aliphatic heterocycles. The highest BCUT2D eigenvalue weighted by atomic mass is 16.5. The first-order valence-electron chi connectivity index (χ1n) is 6.17.